The number of ether oxygens (including phenoxy) is 2. The smallest absolute Gasteiger partial charge is 0.252 e. The van der Waals surface area contributed by atoms with E-state index in [-0.39, 0.29) is 11.8 Å². The molecule has 0 aromatic carbocycles. The van der Waals surface area contributed by atoms with Gasteiger partial charge < -0.3 is 14.8 Å². The molecule has 2 rings (SSSR count). The second kappa shape index (κ2) is 6.65. The average molecular weight is 343 g/mol. The van der Waals surface area contributed by atoms with Crippen molar-refractivity contribution in [3.05, 3.63) is 28.5 Å². The van der Waals surface area contributed by atoms with Crippen LogP contribution < -0.4 is 5.32 Å². The van der Waals surface area contributed by atoms with E-state index in [1.807, 2.05) is 6.92 Å². The number of halogens is 1. The summed E-state index contributed by atoms with van der Waals surface area (Å²) in [5.74, 6) is -0.368. The molecule has 0 radical (unpaired) electrons. The predicted molar refractivity (Wildman–Crippen MR) is 78.4 cm³/mol. The molecule has 1 aliphatic heterocycles. The monoisotopic (exact) mass is 342 g/mol. The van der Waals surface area contributed by atoms with Crippen molar-refractivity contribution in [3.63, 3.8) is 0 Å². The summed E-state index contributed by atoms with van der Waals surface area (Å²) in [6, 6.07) is 1.75. The van der Waals surface area contributed by atoms with E-state index in [1.165, 1.54) is 0 Å². The normalized spacial score (nSPS) is 18.8. The number of hydrogen-bond acceptors (Lipinski definition) is 4. The van der Waals surface area contributed by atoms with E-state index in [2.05, 4.69) is 33.2 Å². The molecule has 0 bridgehead atoms. The van der Waals surface area contributed by atoms with Crippen molar-refractivity contribution in [1.82, 2.24) is 10.3 Å². The highest BCUT2D eigenvalue weighted by Gasteiger charge is 2.32. The summed E-state index contributed by atoms with van der Waals surface area (Å²) in [5, 5.41) is 2.91. The number of pyridine rings is 1. The van der Waals surface area contributed by atoms with Gasteiger partial charge in [0.25, 0.3) is 5.91 Å². The lowest BCUT2D eigenvalue weighted by atomic mass is 10.0. The number of aromatic nitrogens is 1. The van der Waals surface area contributed by atoms with Crippen LogP contribution in [-0.2, 0) is 9.47 Å². The highest BCUT2D eigenvalue weighted by atomic mass is 79.9. The fourth-order valence-electron chi connectivity index (χ4n) is 2.28. The Kier molecular flexibility index (Phi) is 5.12. The van der Waals surface area contributed by atoms with Gasteiger partial charge in [-0.2, -0.15) is 0 Å². The van der Waals surface area contributed by atoms with Crippen molar-refractivity contribution in [3.8, 4) is 0 Å². The molecule has 0 spiro atoms. The number of carbonyl (C=O) groups is 1. The lowest BCUT2D eigenvalue weighted by molar-refractivity contribution is -0.153. The molecule has 1 unspecified atom stereocenters. The van der Waals surface area contributed by atoms with Crippen LogP contribution in [0.4, 0.5) is 0 Å². The fraction of sp³-hybridized carbons (Fsp3) is 0.571. The highest BCUT2D eigenvalue weighted by Crippen LogP contribution is 2.26. The van der Waals surface area contributed by atoms with Crippen molar-refractivity contribution < 1.29 is 14.3 Å². The van der Waals surface area contributed by atoms with E-state index in [9.17, 15) is 4.79 Å². The minimum absolute atomic E-state index is 0.121. The Hall–Kier alpha value is -0.980. The van der Waals surface area contributed by atoms with Gasteiger partial charge in [0.05, 0.1) is 18.8 Å². The van der Waals surface area contributed by atoms with Gasteiger partial charge in [-0.25, -0.2) is 0 Å². The second-order valence-corrected chi connectivity index (χ2v) is 6.16. The molecule has 1 N–H and O–H groups in total. The zero-order valence-electron chi connectivity index (χ0n) is 11.7. The van der Waals surface area contributed by atoms with Crippen molar-refractivity contribution in [2.24, 2.45) is 5.92 Å². The molecular formula is C14H19BrN2O3. The molecule has 6 heteroatoms. The Morgan fingerprint density at radius 1 is 1.50 bits per heavy atom. The van der Waals surface area contributed by atoms with Crippen LogP contribution in [0.5, 0.6) is 0 Å². The summed E-state index contributed by atoms with van der Waals surface area (Å²) in [6.07, 6.45) is 3.95. The van der Waals surface area contributed by atoms with Gasteiger partial charge in [0.15, 0.2) is 5.79 Å². The molecule has 5 nitrogen and oxygen atoms in total. The summed E-state index contributed by atoms with van der Waals surface area (Å²) in [4.78, 5) is 16.0. The minimum Gasteiger partial charge on any atom is -0.352 e. The Morgan fingerprint density at radius 3 is 2.85 bits per heavy atom. The first-order valence-electron chi connectivity index (χ1n) is 6.65. The van der Waals surface area contributed by atoms with Crippen molar-refractivity contribution in [2.45, 2.75) is 26.1 Å². The summed E-state index contributed by atoms with van der Waals surface area (Å²) >= 11 is 3.30. The van der Waals surface area contributed by atoms with Gasteiger partial charge in [-0.05, 0) is 34.8 Å². The summed E-state index contributed by atoms with van der Waals surface area (Å²) < 4.78 is 11.9. The largest absolute Gasteiger partial charge is 0.352 e. The SMILES string of the molecule is CC(CNC(=O)c1cncc(Br)c1)CC1(C)OCCO1. The standard InChI is InChI=1S/C14H19BrN2O3/c1-10(6-14(2)19-3-4-20-14)7-17-13(18)11-5-12(15)9-16-8-11/h5,8-10H,3-4,6-7H2,1-2H3,(H,17,18). The van der Waals surface area contributed by atoms with E-state index in [0.29, 0.717) is 25.3 Å². The van der Waals surface area contributed by atoms with Crippen LogP contribution >= 0.6 is 15.9 Å². The van der Waals surface area contributed by atoms with Gasteiger partial charge in [0, 0.05) is 29.8 Å². The molecule has 110 valence electrons. The molecule has 20 heavy (non-hydrogen) atoms. The third-order valence-electron chi connectivity index (χ3n) is 3.20. The molecule has 1 atom stereocenters. The van der Waals surface area contributed by atoms with Crippen LogP contribution in [-0.4, -0.2) is 36.4 Å². The van der Waals surface area contributed by atoms with Gasteiger partial charge >= 0.3 is 0 Å². The lowest BCUT2D eigenvalue weighted by Crippen LogP contribution is -2.34. The Labute approximate surface area is 127 Å². The van der Waals surface area contributed by atoms with Gasteiger partial charge in [0.1, 0.15) is 0 Å². The number of rotatable bonds is 5. The Balaban J connectivity index is 1.81. The van der Waals surface area contributed by atoms with E-state index in [4.69, 9.17) is 9.47 Å². The topological polar surface area (TPSA) is 60.5 Å². The summed E-state index contributed by atoms with van der Waals surface area (Å²) in [6.45, 7) is 5.86. The maximum Gasteiger partial charge on any atom is 0.252 e. The third-order valence-corrected chi connectivity index (χ3v) is 3.63. The first-order chi connectivity index (χ1) is 9.48. The number of carbonyl (C=O) groups excluding carboxylic acids is 1. The second-order valence-electron chi connectivity index (χ2n) is 5.24. The molecule has 1 aromatic rings. The van der Waals surface area contributed by atoms with Gasteiger partial charge in [-0.3, -0.25) is 9.78 Å². The molecule has 1 aromatic heterocycles. The fourth-order valence-corrected chi connectivity index (χ4v) is 2.65. The molecule has 1 saturated heterocycles. The first kappa shape index (κ1) is 15.4. The Morgan fingerprint density at radius 2 is 2.20 bits per heavy atom. The van der Waals surface area contributed by atoms with Crippen molar-refractivity contribution in [2.75, 3.05) is 19.8 Å². The van der Waals surface area contributed by atoms with E-state index < -0.39 is 5.79 Å². The molecule has 1 amide bonds. The quantitative estimate of drug-likeness (QED) is 0.892. The summed E-state index contributed by atoms with van der Waals surface area (Å²) in [5.41, 5.74) is 0.547. The molecule has 1 aliphatic rings. The van der Waals surface area contributed by atoms with E-state index in [0.717, 1.165) is 10.9 Å². The minimum atomic E-state index is -0.512. The molecule has 1 fully saturated rings. The van der Waals surface area contributed by atoms with Crippen LogP contribution in [0.1, 0.15) is 30.6 Å². The lowest BCUT2D eigenvalue weighted by Gasteiger charge is -2.26. The molecule has 0 saturated carbocycles. The van der Waals surface area contributed by atoms with E-state index >= 15 is 0 Å². The van der Waals surface area contributed by atoms with E-state index in [1.54, 1.807) is 18.5 Å². The zero-order chi connectivity index (χ0) is 14.6. The van der Waals surface area contributed by atoms with Gasteiger partial charge in [-0.1, -0.05) is 6.92 Å². The molecule has 2 heterocycles. The number of nitrogens with zero attached hydrogens (tertiary/aromatic N) is 1. The number of amides is 1. The predicted octanol–water partition coefficient (Wildman–Crippen LogP) is 2.36. The van der Waals surface area contributed by atoms with Crippen LogP contribution in [0.2, 0.25) is 0 Å². The third kappa shape index (κ3) is 4.26. The van der Waals surface area contributed by atoms with Crippen LogP contribution in [0.3, 0.4) is 0 Å². The van der Waals surface area contributed by atoms with Crippen LogP contribution in [0.15, 0.2) is 22.9 Å². The van der Waals surface area contributed by atoms with Gasteiger partial charge in [-0.15, -0.1) is 0 Å². The number of nitrogens with one attached hydrogen (secondary N) is 1. The average Bonchev–Trinajstić information content (AvgIpc) is 2.82. The maximum atomic E-state index is 12.0. The Bertz CT molecular complexity index is 475. The van der Waals surface area contributed by atoms with Crippen molar-refractivity contribution >= 4 is 21.8 Å². The van der Waals surface area contributed by atoms with Crippen LogP contribution in [0, 0.1) is 5.92 Å². The first-order valence-corrected chi connectivity index (χ1v) is 7.44. The number of hydrogen-bond donors (Lipinski definition) is 1. The highest BCUT2D eigenvalue weighted by molar-refractivity contribution is 9.10. The van der Waals surface area contributed by atoms with Gasteiger partial charge in [0.2, 0.25) is 0 Å². The summed E-state index contributed by atoms with van der Waals surface area (Å²) in [7, 11) is 0. The van der Waals surface area contributed by atoms with Crippen LogP contribution in [0.25, 0.3) is 0 Å². The van der Waals surface area contributed by atoms with Crippen molar-refractivity contribution in [1.29, 1.82) is 0 Å². The zero-order valence-corrected chi connectivity index (χ0v) is 13.3. The molecule has 0 aliphatic carbocycles. The molecular weight excluding hydrogens is 324 g/mol. The maximum absolute atomic E-state index is 12.0.